The van der Waals surface area contributed by atoms with E-state index in [9.17, 15) is 43.7 Å². The molecular formula is C35H27Cl2FN2O10. The van der Waals surface area contributed by atoms with Crippen LogP contribution in [0.25, 0.3) is 0 Å². The van der Waals surface area contributed by atoms with Crippen LogP contribution in [-0.4, -0.2) is 68.9 Å². The molecule has 12 nitrogen and oxygen atoms in total. The summed E-state index contributed by atoms with van der Waals surface area (Å²) in [6.07, 6.45) is 1.31. The van der Waals surface area contributed by atoms with Gasteiger partial charge in [0, 0.05) is 29.7 Å². The van der Waals surface area contributed by atoms with Gasteiger partial charge in [-0.2, -0.15) is 0 Å². The molecular weight excluding hydrogens is 698 g/mol. The molecule has 0 radical (unpaired) electrons. The Bertz CT molecular complexity index is 2050. The number of phenolic OH excluding ortho intramolecular Hbond substituents is 1. The maximum absolute atomic E-state index is 14.6. The first-order chi connectivity index (χ1) is 23.7. The average Bonchev–Trinajstić information content (AvgIpc) is 3.42. The van der Waals surface area contributed by atoms with Crippen LogP contribution in [0.5, 0.6) is 23.0 Å². The number of halogens is 3. The molecule has 0 aromatic heterocycles. The molecule has 3 fully saturated rings. The van der Waals surface area contributed by atoms with E-state index in [0.717, 1.165) is 34.1 Å². The van der Waals surface area contributed by atoms with E-state index in [2.05, 4.69) is 0 Å². The van der Waals surface area contributed by atoms with Gasteiger partial charge in [0.15, 0.2) is 9.75 Å². The van der Waals surface area contributed by atoms with Crippen molar-refractivity contribution in [2.75, 3.05) is 24.0 Å². The molecule has 1 saturated carbocycles. The quantitative estimate of drug-likeness (QED) is 0.184. The predicted octanol–water partition coefficient (Wildman–Crippen LogP) is 4.72. The Kier molecular flexibility index (Phi) is 7.64. The van der Waals surface area contributed by atoms with Gasteiger partial charge in [0.25, 0.3) is 11.8 Å². The number of rotatable bonds is 6. The molecule has 3 aromatic carbocycles. The van der Waals surface area contributed by atoms with Gasteiger partial charge in [-0.05, 0) is 55.2 Å². The van der Waals surface area contributed by atoms with Crippen molar-refractivity contribution in [3.05, 3.63) is 83.2 Å². The molecule has 15 heteroatoms. The van der Waals surface area contributed by atoms with Crippen LogP contribution in [0, 0.1) is 23.6 Å². The van der Waals surface area contributed by atoms with Gasteiger partial charge in [0.1, 0.15) is 34.4 Å². The van der Waals surface area contributed by atoms with Gasteiger partial charge >= 0.3 is 5.97 Å². The summed E-state index contributed by atoms with van der Waals surface area (Å²) in [4.78, 5) is 65.9. The maximum atomic E-state index is 14.6. The van der Waals surface area contributed by atoms with Crippen molar-refractivity contribution in [2.24, 2.45) is 17.8 Å². The van der Waals surface area contributed by atoms with Crippen LogP contribution in [0.2, 0.25) is 0 Å². The summed E-state index contributed by atoms with van der Waals surface area (Å²) in [5.74, 6) is -10.4. The number of benzene rings is 3. The number of carbonyl (C=O) groups is 5. The third-order valence-corrected chi connectivity index (χ3v) is 11.6. The Labute approximate surface area is 293 Å². The normalized spacial score (nSPS) is 28.6. The van der Waals surface area contributed by atoms with Gasteiger partial charge in [-0.3, -0.25) is 19.2 Å². The van der Waals surface area contributed by atoms with Crippen LogP contribution in [0.4, 0.5) is 15.8 Å². The first-order valence-electron chi connectivity index (χ1n) is 15.3. The summed E-state index contributed by atoms with van der Waals surface area (Å²) in [5.41, 5.74) is 0.0476. The van der Waals surface area contributed by atoms with Crippen molar-refractivity contribution in [2.45, 2.75) is 28.5 Å². The number of nitrogens with zero attached hydrogens (tertiary/aromatic N) is 2. The molecule has 3 aromatic rings. The third-order valence-electron chi connectivity index (χ3n) is 10.2. The van der Waals surface area contributed by atoms with E-state index < -0.39 is 80.1 Å². The van der Waals surface area contributed by atoms with Crippen molar-refractivity contribution in [3.8, 4) is 23.0 Å². The van der Waals surface area contributed by atoms with Crippen molar-refractivity contribution in [1.29, 1.82) is 0 Å². The maximum Gasteiger partial charge on any atom is 0.339 e. The molecule has 2 heterocycles. The number of methoxy groups -OCH3 is 2. The largest absolute Gasteiger partial charge is 0.508 e. The van der Waals surface area contributed by atoms with Crippen LogP contribution >= 0.6 is 23.2 Å². The number of aromatic hydroxyl groups is 2. The summed E-state index contributed by atoms with van der Waals surface area (Å²) in [6, 6.07) is 10.4. The fourth-order valence-corrected chi connectivity index (χ4v) is 8.94. The number of hydrogen-bond acceptors (Lipinski definition) is 9. The number of carboxylic acid groups (broad SMARTS) is 1. The first-order valence-corrected chi connectivity index (χ1v) is 16.1. The van der Waals surface area contributed by atoms with Gasteiger partial charge in [0.05, 0.1) is 37.4 Å². The Morgan fingerprint density at radius 1 is 0.860 bits per heavy atom. The van der Waals surface area contributed by atoms with Crippen molar-refractivity contribution >= 4 is 64.2 Å². The van der Waals surface area contributed by atoms with E-state index in [0.29, 0.717) is 5.57 Å². The Hall–Kier alpha value is -5.14. The summed E-state index contributed by atoms with van der Waals surface area (Å²) in [5, 5.41) is 30.2. The molecule has 6 atom stereocenters. The van der Waals surface area contributed by atoms with Gasteiger partial charge in [-0.25, -0.2) is 19.0 Å². The lowest BCUT2D eigenvalue weighted by atomic mass is 9.56. The van der Waals surface area contributed by atoms with Gasteiger partial charge in [-0.15, -0.1) is 23.2 Å². The number of aromatic carboxylic acids is 1. The molecule has 4 aliphatic rings. The molecule has 2 aliphatic heterocycles. The molecule has 7 rings (SSSR count). The Morgan fingerprint density at radius 2 is 1.48 bits per heavy atom. The highest BCUT2D eigenvalue weighted by Gasteiger charge is 2.77. The smallest absolute Gasteiger partial charge is 0.339 e. The number of fused-ring (bicyclic) bond motifs is 4. The lowest BCUT2D eigenvalue weighted by Gasteiger charge is -2.51. The molecule has 258 valence electrons. The monoisotopic (exact) mass is 724 g/mol. The van der Waals surface area contributed by atoms with E-state index in [1.165, 1.54) is 44.6 Å². The second-order valence-corrected chi connectivity index (χ2v) is 13.8. The van der Waals surface area contributed by atoms with Crippen LogP contribution in [0.15, 0.2) is 66.2 Å². The molecule has 0 bridgehead atoms. The van der Waals surface area contributed by atoms with Gasteiger partial charge in [0.2, 0.25) is 11.8 Å². The number of carbonyl (C=O) groups excluding carboxylic acids is 4. The van der Waals surface area contributed by atoms with Gasteiger partial charge < -0.3 is 24.8 Å². The Morgan fingerprint density at radius 3 is 2.06 bits per heavy atom. The second-order valence-electron chi connectivity index (χ2n) is 12.5. The molecule has 3 N–H and O–H groups in total. The number of carboxylic acids is 1. The van der Waals surface area contributed by atoms with Crippen LogP contribution in [0.1, 0.15) is 34.7 Å². The minimum Gasteiger partial charge on any atom is -0.508 e. The van der Waals surface area contributed by atoms with Gasteiger partial charge in [-0.1, -0.05) is 11.6 Å². The molecule has 2 saturated heterocycles. The lowest BCUT2D eigenvalue weighted by molar-refractivity contribution is -0.125. The second kappa shape index (κ2) is 11.5. The van der Waals surface area contributed by atoms with E-state index >= 15 is 0 Å². The van der Waals surface area contributed by atoms with Crippen LogP contribution < -0.4 is 19.3 Å². The highest BCUT2D eigenvalue weighted by molar-refractivity contribution is 6.58. The predicted molar refractivity (Wildman–Crippen MR) is 175 cm³/mol. The zero-order chi connectivity index (χ0) is 36.0. The molecule has 4 amide bonds. The van der Waals surface area contributed by atoms with E-state index in [1.54, 1.807) is 6.08 Å². The number of amides is 4. The molecule has 2 aliphatic carbocycles. The standard InChI is InChI=1S/C35H27Cl2FN2O10/c1-49-24-12-18(41)13-25(50-2)27(24)28-19-9-10-21-26(30(44)39(29(21)43)17-7-8-20(31(45)46)23(42)11-17)22(19)14-34(36)32(47)40(33(48)35(28,34)37)16-5-3-15(38)4-6-16/h3-9,11-13,21-22,26,28,41-42H,10,14H2,1-2H3,(H,45,46)/t21-,22+,26-,28+,34+,35-/m0/s1. The number of allylic oxidation sites excluding steroid dienone is 2. The SMILES string of the molecule is COc1cc(O)cc(OC)c1[C@H]1C2=CC[C@@H]3C(=O)N(c4ccc(C(=O)O)c(O)c4)C(=O)[C@@H]3[C@@H]2C[C@@]2(Cl)C(=O)N(c3ccc(F)cc3)C(=O)[C@@]12Cl. The fourth-order valence-electron chi connectivity index (χ4n) is 8.02. The topological polar surface area (TPSA) is 171 Å². The van der Waals surface area contributed by atoms with Crippen molar-refractivity contribution < 1.29 is 53.2 Å². The first kappa shape index (κ1) is 33.4. The van der Waals surface area contributed by atoms with Crippen LogP contribution in [0.3, 0.4) is 0 Å². The van der Waals surface area contributed by atoms with Crippen molar-refractivity contribution in [1.82, 2.24) is 0 Å². The average molecular weight is 726 g/mol. The molecule has 0 spiro atoms. The number of phenols is 2. The minimum atomic E-state index is -2.30. The minimum absolute atomic E-state index is 0.00203. The number of anilines is 2. The lowest BCUT2D eigenvalue weighted by Crippen LogP contribution is -2.60. The number of hydrogen-bond donors (Lipinski definition) is 3. The summed E-state index contributed by atoms with van der Waals surface area (Å²) in [6.45, 7) is 0. The number of alkyl halides is 2. The highest BCUT2D eigenvalue weighted by atomic mass is 35.5. The summed E-state index contributed by atoms with van der Waals surface area (Å²) < 4.78 is 25.2. The zero-order valence-corrected chi connectivity index (χ0v) is 27.7. The van der Waals surface area contributed by atoms with E-state index in [4.69, 9.17) is 32.7 Å². The van der Waals surface area contributed by atoms with E-state index in [1.807, 2.05) is 0 Å². The summed E-state index contributed by atoms with van der Waals surface area (Å²) >= 11 is 14.8. The Balaban J connectivity index is 1.42. The molecule has 50 heavy (non-hydrogen) atoms. The van der Waals surface area contributed by atoms with E-state index in [-0.39, 0.29) is 47.0 Å². The molecule has 0 unspecified atom stereocenters. The zero-order valence-electron chi connectivity index (χ0n) is 26.2. The summed E-state index contributed by atoms with van der Waals surface area (Å²) in [7, 11) is 2.62. The van der Waals surface area contributed by atoms with Crippen LogP contribution in [-0.2, 0) is 19.2 Å². The number of ether oxygens (including phenoxy) is 2. The number of imide groups is 2. The third kappa shape index (κ3) is 4.39. The van der Waals surface area contributed by atoms with Crippen molar-refractivity contribution in [3.63, 3.8) is 0 Å². The highest BCUT2D eigenvalue weighted by Crippen LogP contribution is 2.67. The fraction of sp³-hybridized carbons (Fsp3) is 0.286.